The molecule has 1 aromatic carbocycles. The maximum Gasteiger partial charge on any atom is 0.215 e. The van der Waals surface area contributed by atoms with Crippen molar-refractivity contribution in [2.24, 2.45) is 0 Å². The zero-order valence-electron chi connectivity index (χ0n) is 10.00. The quantitative estimate of drug-likeness (QED) is 0.792. The number of aromatic nitrogens is 1. The molecular weight excluding hydrogens is 243 g/mol. The monoisotopic (exact) mass is 256 g/mol. The van der Waals surface area contributed by atoms with E-state index < -0.39 is 0 Å². The summed E-state index contributed by atoms with van der Waals surface area (Å²) >= 11 is 0. The van der Waals surface area contributed by atoms with E-state index in [1.807, 2.05) is 42.6 Å². The smallest absolute Gasteiger partial charge is 0.215 e. The van der Waals surface area contributed by atoms with Gasteiger partial charge in [-0.2, -0.15) is 5.26 Å². The van der Waals surface area contributed by atoms with Gasteiger partial charge in [0.2, 0.25) is 5.88 Å². The summed E-state index contributed by atoms with van der Waals surface area (Å²) in [4.78, 5) is 4.18. The first-order valence-corrected chi connectivity index (χ1v) is 6.04. The Bertz CT molecular complexity index is 558. The summed E-state index contributed by atoms with van der Waals surface area (Å²) in [5.74, 6) is 0.819. The lowest BCUT2D eigenvalue weighted by Gasteiger charge is -2.12. The van der Waals surface area contributed by atoms with Crippen molar-refractivity contribution in [3.63, 3.8) is 0 Å². The molecule has 0 bridgehead atoms. The number of rotatable bonds is 3. The minimum atomic E-state index is 0.240. The Morgan fingerprint density at radius 3 is 2.33 bits per heavy atom. The summed E-state index contributed by atoms with van der Waals surface area (Å²) in [5, 5.41) is 8.77. The molecule has 0 spiro atoms. The summed E-state index contributed by atoms with van der Waals surface area (Å²) in [6.45, 7) is 2.11. The third kappa shape index (κ3) is 2.67. The highest BCUT2D eigenvalue weighted by Gasteiger charge is 2.09. The molecule has 1 aromatic heterocycles. The molecule has 1 heterocycles. The van der Waals surface area contributed by atoms with E-state index in [0.29, 0.717) is 11.4 Å². The predicted molar refractivity (Wildman–Crippen MR) is 73.2 cm³/mol. The predicted octanol–water partition coefficient (Wildman–Crippen LogP) is 3.27. The average molecular weight is 256 g/mol. The van der Waals surface area contributed by atoms with Crippen LogP contribution in [0.25, 0.3) is 0 Å². The number of hydrogen-bond acceptors (Lipinski definition) is 3. The Labute approximate surface area is 109 Å². The van der Waals surface area contributed by atoms with Gasteiger partial charge in [-0.1, -0.05) is 25.1 Å². The Hall–Kier alpha value is -1.91. The molecule has 0 fully saturated rings. The normalized spacial score (nSPS) is 11.6. The standard InChI is InChI=1S/C14H13N2OP/c1-10(12-4-2-11(8-15)3-5-12)13-6-7-14(17-18)16-9-13/h2-7,9-10H,18H2,1H3. The van der Waals surface area contributed by atoms with E-state index in [0.717, 1.165) is 11.1 Å². The van der Waals surface area contributed by atoms with E-state index in [1.54, 1.807) is 0 Å². The van der Waals surface area contributed by atoms with Gasteiger partial charge in [-0.25, -0.2) is 4.98 Å². The molecule has 2 unspecified atom stereocenters. The number of nitrogens with zero attached hydrogens (tertiary/aromatic N) is 2. The topological polar surface area (TPSA) is 45.9 Å². The van der Waals surface area contributed by atoms with Gasteiger partial charge in [-0.15, -0.1) is 0 Å². The van der Waals surface area contributed by atoms with Crippen LogP contribution in [-0.4, -0.2) is 4.98 Å². The van der Waals surface area contributed by atoms with Crippen LogP contribution in [0.1, 0.15) is 29.5 Å². The third-order valence-corrected chi connectivity index (χ3v) is 3.16. The van der Waals surface area contributed by atoms with Crippen LogP contribution >= 0.6 is 9.47 Å². The summed E-state index contributed by atoms with van der Waals surface area (Å²) < 4.78 is 4.95. The van der Waals surface area contributed by atoms with Crippen molar-refractivity contribution in [2.45, 2.75) is 12.8 Å². The lowest BCUT2D eigenvalue weighted by atomic mass is 9.94. The summed E-state index contributed by atoms with van der Waals surface area (Å²) in [7, 11) is 2.17. The van der Waals surface area contributed by atoms with Crippen molar-refractivity contribution in [1.29, 1.82) is 5.26 Å². The molecule has 3 nitrogen and oxygen atoms in total. The van der Waals surface area contributed by atoms with E-state index in [1.165, 1.54) is 0 Å². The van der Waals surface area contributed by atoms with Crippen molar-refractivity contribution in [1.82, 2.24) is 4.98 Å². The number of nitriles is 1. The van der Waals surface area contributed by atoms with Crippen molar-refractivity contribution in [3.8, 4) is 11.9 Å². The maximum atomic E-state index is 8.77. The van der Waals surface area contributed by atoms with Crippen LogP contribution in [0.4, 0.5) is 0 Å². The first-order chi connectivity index (χ1) is 8.74. The Balaban J connectivity index is 2.23. The summed E-state index contributed by atoms with van der Waals surface area (Å²) in [6, 6.07) is 13.6. The SMILES string of the molecule is CC(c1ccc(C#N)cc1)c1ccc(OP)nc1. The van der Waals surface area contributed by atoms with Crippen LogP contribution in [-0.2, 0) is 0 Å². The highest BCUT2D eigenvalue weighted by Crippen LogP contribution is 2.24. The van der Waals surface area contributed by atoms with E-state index in [4.69, 9.17) is 9.79 Å². The van der Waals surface area contributed by atoms with E-state index >= 15 is 0 Å². The van der Waals surface area contributed by atoms with Gasteiger partial charge in [0.1, 0.15) is 0 Å². The second kappa shape index (κ2) is 5.62. The van der Waals surface area contributed by atoms with E-state index in [2.05, 4.69) is 27.4 Å². The van der Waals surface area contributed by atoms with Gasteiger partial charge in [0.15, 0.2) is 0 Å². The van der Waals surface area contributed by atoms with Crippen LogP contribution in [0.2, 0.25) is 0 Å². The lowest BCUT2D eigenvalue weighted by molar-refractivity contribution is 0.614. The molecule has 90 valence electrons. The highest BCUT2D eigenvalue weighted by molar-refractivity contribution is 7.10. The zero-order valence-corrected chi connectivity index (χ0v) is 11.2. The van der Waals surface area contributed by atoms with Crippen molar-refractivity contribution in [3.05, 3.63) is 59.3 Å². The number of hydrogen-bond donors (Lipinski definition) is 0. The molecule has 2 rings (SSSR count). The van der Waals surface area contributed by atoms with Crippen LogP contribution in [0, 0.1) is 11.3 Å². The van der Waals surface area contributed by atoms with E-state index in [9.17, 15) is 0 Å². The molecule has 0 aliphatic rings. The minimum Gasteiger partial charge on any atom is -0.463 e. The second-order valence-corrected chi connectivity index (χ2v) is 4.24. The molecule has 2 atom stereocenters. The Kier molecular flexibility index (Phi) is 3.92. The molecule has 0 saturated carbocycles. The van der Waals surface area contributed by atoms with Crippen LogP contribution < -0.4 is 4.52 Å². The van der Waals surface area contributed by atoms with Crippen LogP contribution in [0.3, 0.4) is 0 Å². The highest BCUT2D eigenvalue weighted by atomic mass is 31.0. The maximum absolute atomic E-state index is 8.77. The number of pyridine rings is 1. The van der Waals surface area contributed by atoms with Crippen LogP contribution in [0.15, 0.2) is 42.6 Å². The lowest BCUT2D eigenvalue weighted by Crippen LogP contribution is -1.97. The molecule has 0 amide bonds. The third-order valence-electron chi connectivity index (χ3n) is 2.92. The molecule has 0 saturated heterocycles. The fourth-order valence-electron chi connectivity index (χ4n) is 1.76. The molecule has 18 heavy (non-hydrogen) atoms. The van der Waals surface area contributed by atoms with Crippen LogP contribution in [0.5, 0.6) is 5.88 Å². The molecule has 0 aliphatic carbocycles. The van der Waals surface area contributed by atoms with Crippen molar-refractivity contribution < 1.29 is 4.52 Å². The van der Waals surface area contributed by atoms with Gasteiger partial charge in [0.25, 0.3) is 0 Å². The zero-order chi connectivity index (χ0) is 13.0. The Morgan fingerprint density at radius 2 is 1.83 bits per heavy atom. The Morgan fingerprint density at radius 1 is 1.17 bits per heavy atom. The molecule has 4 heteroatoms. The molecule has 0 N–H and O–H groups in total. The number of benzene rings is 1. The first-order valence-electron chi connectivity index (χ1n) is 5.57. The van der Waals surface area contributed by atoms with E-state index in [-0.39, 0.29) is 5.92 Å². The van der Waals surface area contributed by atoms with Gasteiger partial charge in [-0.3, -0.25) is 0 Å². The first kappa shape index (κ1) is 12.5. The fraction of sp³-hybridized carbons (Fsp3) is 0.143. The van der Waals surface area contributed by atoms with Gasteiger partial charge in [-0.05, 0) is 23.3 Å². The minimum absolute atomic E-state index is 0.240. The molecule has 2 aromatic rings. The molecule has 0 radical (unpaired) electrons. The van der Waals surface area contributed by atoms with Gasteiger partial charge >= 0.3 is 0 Å². The van der Waals surface area contributed by atoms with Gasteiger partial charge < -0.3 is 4.52 Å². The van der Waals surface area contributed by atoms with Gasteiger partial charge in [0, 0.05) is 18.2 Å². The van der Waals surface area contributed by atoms with Crippen molar-refractivity contribution in [2.75, 3.05) is 0 Å². The molecule has 0 aliphatic heterocycles. The second-order valence-electron chi connectivity index (χ2n) is 4.00. The average Bonchev–Trinajstić information content (AvgIpc) is 2.47. The summed E-state index contributed by atoms with van der Waals surface area (Å²) in [5.41, 5.74) is 2.96. The largest absolute Gasteiger partial charge is 0.463 e. The van der Waals surface area contributed by atoms with Gasteiger partial charge in [0.05, 0.1) is 21.1 Å². The molecular formula is C14H13N2OP. The summed E-state index contributed by atoms with van der Waals surface area (Å²) in [6.07, 6.45) is 1.81. The fourth-order valence-corrected chi connectivity index (χ4v) is 1.90. The van der Waals surface area contributed by atoms with Crippen molar-refractivity contribution >= 4 is 9.47 Å².